The van der Waals surface area contributed by atoms with Crippen LogP contribution in [0.25, 0.3) is 6.08 Å². The Morgan fingerprint density at radius 1 is 1.11 bits per heavy atom. The van der Waals surface area contributed by atoms with E-state index in [-0.39, 0.29) is 24.0 Å². The first-order valence-corrected chi connectivity index (χ1v) is 10.3. The molecule has 1 aromatic rings. The Morgan fingerprint density at radius 3 is 2.50 bits per heavy atom. The minimum absolute atomic E-state index is 0. The molecule has 0 saturated carbocycles. The highest BCUT2D eigenvalue weighted by Crippen LogP contribution is 2.19. The summed E-state index contributed by atoms with van der Waals surface area (Å²) in [6.07, 6.45) is 4.59. The van der Waals surface area contributed by atoms with E-state index in [0.717, 1.165) is 64.6 Å². The molecule has 0 aliphatic carbocycles. The van der Waals surface area contributed by atoms with E-state index in [1.165, 1.54) is 5.56 Å². The summed E-state index contributed by atoms with van der Waals surface area (Å²) in [7, 11) is 4.43. The van der Waals surface area contributed by atoms with E-state index < -0.39 is 0 Å². The van der Waals surface area contributed by atoms with Crippen LogP contribution in [0.4, 0.5) is 0 Å². The first-order chi connectivity index (χ1) is 13.2. The Balaban J connectivity index is 0.00000280. The first kappa shape index (κ1) is 23.2. The van der Waals surface area contributed by atoms with E-state index in [9.17, 15) is 0 Å². The third-order valence-corrected chi connectivity index (χ3v) is 5.64. The van der Waals surface area contributed by atoms with Crippen molar-refractivity contribution >= 4 is 36.0 Å². The van der Waals surface area contributed by atoms with Crippen molar-refractivity contribution in [2.24, 2.45) is 4.99 Å². The molecule has 28 heavy (non-hydrogen) atoms. The Hall–Kier alpha value is -1.12. The summed E-state index contributed by atoms with van der Waals surface area (Å²) in [5, 5.41) is 3.51. The summed E-state index contributed by atoms with van der Waals surface area (Å²) in [5.41, 5.74) is 2.85. The maximum Gasteiger partial charge on any atom is 0.193 e. The van der Waals surface area contributed by atoms with Gasteiger partial charge in [-0.25, -0.2) is 0 Å². The number of likely N-dealkylation sites (tertiary alicyclic amines) is 1. The molecule has 1 atom stereocenters. The van der Waals surface area contributed by atoms with E-state index in [2.05, 4.69) is 77.4 Å². The van der Waals surface area contributed by atoms with E-state index >= 15 is 0 Å². The molecule has 0 aromatic heterocycles. The Kier molecular flexibility index (Phi) is 9.74. The van der Waals surface area contributed by atoms with Crippen LogP contribution < -0.4 is 5.32 Å². The minimum Gasteiger partial charge on any atom is -0.357 e. The molecule has 156 valence electrons. The van der Waals surface area contributed by atoms with Gasteiger partial charge in [-0.15, -0.1) is 24.0 Å². The van der Waals surface area contributed by atoms with Crippen molar-refractivity contribution in [3.05, 3.63) is 41.5 Å². The van der Waals surface area contributed by atoms with Gasteiger partial charge in [0.2, 0.25) is 0 Å². The summed E-state index contributed by atoms with van der Waals surface area (Å²) < 4.78 is 0. The predicted molar refractivity (Wildman–Crippen MR) is 131 cm³/mol. The van der Waals surface area contributed by atoms with Crippen molar-refractivity contribution in [3.8, 4) is 0 Å². The van der Waals surface area contributed by atoms with Gasteiger partial charge >= 0.3 is 0 Å². The van der Waals surface area contributed by atoms with Crippen molar-refractivity contribution in [3.63, 3.8) is 0 Å². The van der Waals surface area contributed by atoms with E-state index in [4.69, 9.17) is 4.99 Å². The standard InChI is InChI=1S/C22H35N5.HI/c1-4-23-22(24-17-21-18-25(2)14-15-26(21)3)27-12-10-20(11-13-27)16-19-8-6-5-7-9-19;/h5-9,16,21H,4,10-15,17-18H2,1-3H3,(H,23,24);1H. The summed E-state index contributed by atoms with van der Waals surface area (Å²) in [5.74, 6) is 1.08. The molecule has 6 heteroatoms. The number of piperidine rings is 1. The third kappa shape index (κ3) is 6.74. The second-order valence-electron chi connectivity index (χ2n) is 7.79. The van der Waals surface area contributed by atoms with Gasteiger partial charge in [0.05, 0.1) is 6.54 Å². The van der Waals surface area contributed by atoms with Crippen molar-refractivity contribution in [2.75, 3.05) is 59.9 Å². The summed E-state index contributed by atoms with van der Waals surface area (Å²) >= 11 is 0. The van der Waals surface area contributed by atoms with Crippen molar-refractivity contribution < 1.29 is 0 Å². The van der Waals surface area contributed by atoms with Crippen molar-refractivity contribution in [1.29, 1.82) is 0 Å². The molecule has 1 N–H and O–H groups in total. The lowest BCUT2D eigenvalue weighted by molar-refractivity contribution is 0.119. The number of aliphatic imine (C=N–C) groups is 1. The van der Waals surface area contributed by atoms with Gasteiger partial charge < -0.3 is 15.1 Å². The van der Waals surface area contributed by atoms with Crippen LogP contribution in [0.2, 0.25) is 0 Å². The zero-order chi connectivity index (χ0) is 19.1. The molecule has 0 spiro atoms. The Labute approximate surface area is 187 Å². The normalized spacial score (nSPS) is 22.0. The van der Waals surface area contributed by atoms with Crippen LogP contribution in [0.15, 0.2) is 40.9 Å². The van der Waals surface area contributed by atoms with Crippen LogP contribution in [0, 0.1) is 0 Å². The van der Waals surface area contributed by atoms with Crippen molar-refractivity contribution in [2.45, 2.75) is 25.8 Å². The highest BCUT2D eigenvalue weighted by Gasteiger charge is 2.23. The smallest absolute Gasteiger partial charge is 0.193 e. The Morgan fingerprint density at radius 2 is 1.82 bits per heavy atom. The van der Waals surface area contributed by atoms with Gasteiger partial charge in [-0.1, -0.05) is 42.0 Å². The number of nitrogens with one attached hydrogen (secondary N) is 1. The van der Waals surface area contributed by atoms with Crippen LogP contribution in [0.5, 0.6) is 0 Å². The number of likely N-dealkylation sites (N-methyl/N-ethyl adjacent to an activating group) is 2. The van der Waals surface area contributed by atoms with E-state index in [0.29, 0.717) is 6.04 Å². The predicted octanol–water partition coefficient (Wildman–Crippen LogP) is 3.00. The molecule has 0 bridgehead atoms. The lowest BCUT2D eigenvalue weighted by Crippen LogP contribution is -2.52. The highest BCUT2D eigenvalue weighted by atomic mass is 127. The molecule has 0 amide bonds. The summed E-state index contributed by atoms with van der Waals surface area (Å²) in [6, 6.07) is 11.2. The van der Waals surface area contributed by atoms with Gasteiger partial charge in [0, 0.05) is 45.3 Å². The monoisotopic (exact) mass is 497 g/mol. The fraction of sp³-hybridized carbons (Fsp3) is 0.591. The van der Waals surface area contributed by atoms with Gasteiger partial charge in [-0.2, -0.15) is 0 Å². The number of hydrogen-bond acceptors (Lipinski definition) is 3. The second kappa shape index (κ2) is 11.8. The average Bonchev–Trinajstić information content (AvgIpc) is 2.69. The third-order valence-electron chi connectivity index (χ3n) is 5.64. The lowest BCUT2D eigenvalue weighted by atomic mass is 10.0. The highest BCUT2D eigenvalue weighted by molar-refractivity contribution is 14.0. The molecule has 0 radical (unpaired) electrons. The van der Waals surface area contributed by atoms with Crippen molar-refractivity contribution in [1.82, 2.24) is 20.0 Å². The van der Waals surface area contributed by atoms with Crippen LogP contribution in [0.3, 0.4) is 0 Å². The summed E-state index contributed by atoms with van der Waals surface area (Å²) in [4.78, 5) is 12.3. The topological polar surface area (TPSA) is 34.1 Å². The molecule has 2 fully saturated rings. The van der Waals surface area contributed by atoms with Gasteiger partial charge in [-0.3, -0.25) is 9.89 Å². The number of guanidine groups is 1. The van der Waals surface area contributed by atoms with Crippen LogP contribution >= 0.6 is 24.0 Å². The number of piperazine rings is 1. The zero-order valence-corrected chi connectivity index (χ0v) is 19.9. The molecule has 1 aromatic carbocycles. The quantitative estimate of drug-likeness (QED) is 0.394. The maximum atomic E-state index is 5.00. The number of halogens is 1. The van der Waals surface area contributed by atoms with Crippen LogP contribution in [0.1, 0.15) is 25.3 Å². The molecule has 2 heterocycles. The van der Waals surface area contributed by atoms with Crippen LogP contribution in [-0.4, -0.2) is 86.6 Å². The minimum atomic E-state index is 0. The average molecular weight is 497 g/mol. The van der Waals surface area contributed by atoms with E-state index in [1.807, 2.05) is 0 Å². The van der Waals surface area contributed by atoms with Crippen LogP contribution in [-0.2, 0) is 0 Å². The SMILES string of the molecule is CCNC(=NCC1CN(C)CCN1C)N1CCC(=Cc2ccccc2)CC1.I. The molecule has 2 aliphatic heterocycles. The number of rotatable bonds is 4. The fourth-order valence-electron chi connectivity index (χ4n) is 3.85. The molecular weight excluding hydrogens is 461 g/mol. The molecular formula is C22H36IN5. The van der Waals surface area contributed by atoms with Gasteiger partial charge in [0.15, 0.2) is 5.96 Å². The summed E-state index contributed by atoms with van der Waals surface area (Å²) in [6.45, 7) is 9.42. The molecule has 2 aliphatic rings. The fourth-order valence-corrected chi connectivity index (χ4v) is 3.85. The molecule has 5 nitrogen and oxygen atoms in total. The maximum absolute atomic E-state index is 5.00. The zero-order valence-electron chi connectivity index (χ0n) is 17.6. The first-order valence-electron chi connectivity index (χ1n) is 10.3. The number of nitrogens with zero attached hydrogens (tertiary/aromatic N) is 4. The molecule has 1 unspecified atom stereocenters. The van der Waals surface area contributed by atoms with Gasteiger partial charge in [0.25, 0.3) is 0 Å². The number of hydrogen-bond donors (Lipinski definition) is 1. The molecule has 3 rings (SSSR count). The van der Waals surface area contributed by atoms with E-state index in [1.54, 1.807) is 5.57 Å². The van der Waals surface area contributed by atoms with Gasteiger partial charge in [0.1, 0.15) is 0 Å². The lowest BCUT2D eigenvalue weighted by Gasteiger charge is -2.37. The molecule has 2 saturated heterocycles. The largest absolute Gasteiger partial charge is 0.357 e. The second-order valence-corrected chi connectivity index (χ2v) is 7.79. The number of benzene rings is 1. The Bertz CT molecular complexity index is 636. The van der Waals surface area contributed by atoms with Gasteiger partial charge in [-0.05, 0) is 39.4 Å².